The molecule has 2 aromatic carbocycles. The normalized spacial score (nSPS) is 11.8. The first-order valence-corrected chi connectivity index (χ1v) is 12.7. The number of nitrogens with zero attached hydrogens (tertiary/aromatic N) is 3. The molecule has 0 radical (unpaired) electrons. The summed E-state index contributed by atoms with van der Waals surface area (Å²) in [5, 5.41) is 11.1. The van der Waals surface area contributed by atoms with Gasteiger partial charge in [-0.3, -0.25) is 9.97 Å². The largest absolute Gasteiger partial charge is 0.491 e. The van der Waals surface area contributed by atoms with Crippen molar-refractivity contribution in [3.8, 4) is 22.7 Å². The molecule has 0 aliphatic carbocycles. The first-order chi connectivity index (χ1) is 19.1. The topological polar surface area (TPSA) is 77.2 Å². The third-order valence-corrected chi connectivity index (χ3v) is 6.49. The van der Waals surface area contributed by atoms with E-state index in [4.69, 9.17) is 4.74 Å². The van der Waals surface area contributed by atoms with Crippen molar-refractivity contribution in [1.82, 2.24) is 14.5 Å². The van der Waals surface area contributed by atoms with Gasteiger partial charge in [-0.25, -0.2) is 4.79 Å². The lowest BCUT2D eigenvalue weighted by atomic mass is 10.0. The average molecular weight is 546 g/mol. The molecule has 0 atom stereocenters. The Kier molecular flexibility index (Phi) is 7.30. The van der Waals surface area contributed by atoms with Crippen LogP contribution in [-0.4, -0.2) is 31.7 Å². The van der Waals surface area contributed by atoms with Gasteiger partial charge in [0.2, 0.25) is 0 Å². The Morgan fingerprint density at radius 3 is 2.35 bits per heavy atom. The Hall–Kier alpha value is -4.66. The molecule has 1 N–H and O–H groups in total. The van der Waals surface area contributed by atoms with Gasteiger partial charge in [0.15, 0.2) is 0 Å². The number of hydrogen-bond acceptors (Lipinski definition) is 4. The van der Waals surface area contributed by atoms with Gasteiger partial charge < -0.3 is 14.4 Å². The van der Waals surface area contributed by atoms with Crippen LogP contribution in [0.25, 0.3) is 27.8 Å². The minimum Gasteiger partial charge on any atom is -0.491 e. The summed E-state index contributed by atoms with van der Waals surface area (Å²) >= 11 is 0. The maximum absolute atomic E-state index is 13.1. The average Bonchev–Trinajstić information content (AvgIpc) is 3.26. The molecule has 0 spiro atoms. The van der Waals surface area contributed by atoms with E-state index in [1.807, 2.05) is 32.0 Å². The fourth-order valence-corrected chi connectivity index (χ4v) is 4.74. The molecule has 0 saturated carbocycles. The standard InChI is InChI=1S/C31H26F3N3O3/c1-19(2)40-24-11-9-23(10-12-24)37-28-15-6-20(27-14-7-21(18-36-27)31(32,33)34)17-26(28)25(29(37)30(38)39)13-8-22-5-3-4-16-35-22/h3-7,9-12,14-19H,8,13H2,1-2H3,(H,38,39). The second kappa shape index (κ2) is 10.8. The summed E-state index contributed by atoms with van der Waals surface area (Å²) in [5.74, 6) is -0.429. The van der Waals surface area contributed by atoms with Crippen molar-refractivity contribution in [2.24, 2.45) is 0 Å². The molecular formula is C31H26F3N3O3. The van der Waals surface area contributed by atoms with Gasteiger partial charge in [0.25, 0.3) is 0 Å². The summed E-state index contributed by atoms with van der Waals surface area (Å²) in [6, 6.07) is 20.4. The van der Waals surface area contributed by atoms with E-state index >= 15 is 0 Å². The molecular weight excluding hydrogens is 519 g/mol. The number of rotatable bonds is 8. The fraction of sp³-hybridized carbons (Fsp3) is 0.194. The van der Waals surface area contributed by atoms with E-state index in [0.29, 0.717) is 52.0 Å². The second-order valence-electron chi connectivity index (χ2n) is 9.61. The molecule has 5 rings (SSSR count). The zero-order valence-electron chi connectivity index (χ0n) is 21.8. The van der Waals surface area contributed by atoms with Crippen molar-refractivity contribution in [2.75, 3.05) is 0 Å². The van der Waals surface area contributed by atoms with E-state index in [1.54, 1.807) is 53.2 Å². The number of fused-ring (bicyclic) bond motifs is 1. The van der Waals surface area contributed by atoms with Crippen molar-refractivity contribution in [1.29, 1.82) is 0 Å². The molecule has 9 heteroatoms. The van der Waals surface area contributed by atoms with Gasteiger partial charge in [-0.15, -0.1) is 0 Å². The minimum absolute atomic E-state index is 0.0109. The number of carboxylic acids is 1. The molecule has 0 aliphatic rings. The highest BCUT2D eigenvalue weighted by molar-refractivity contribution is 6.01. The fourth-order valence-electron chi connectivity index (χ4n) is 4.74. The highest BCUT2D eigenvalue weighted by Gasteiger charge is 2.31. The van der Waals surface area contributed by atoms with Crippen molar-refractivity contribution < 1.29 is 27.8 Å². The van der Waals surface area contributed by atoms with E-state index in [2.05, 4.69) is 9.97 Å². The van der Waals surface area contributed by atoms with E-state index in [0.717, 1.165) is 18.0 Å². The maximum atomic E-state index is 13.1. The molecule has 0 aliphatic heterocycles. The van der Waals surface area contributed by atoms with E-state index in [9.17, 15) is 23.1 Å². The smallest absolute Gasteiger partial charge is 0.417 e. The van der Waals surface area contributed by atoms with Gasteiger partial charge in [-0.2, -0.15) is 13.2 Å². The SMILES string of the molecule is CC(C)Oc1ccc(-n2c(C(=O)O)c(CCc3ccccn3)c3cc(-c4ccc(C(F)(F)F)cn4)ccc32)cc1. The van der Waals surface area contributed by atoms with Gasteiger partial charge in [0.1, 0.15) is 11.4 Å². The predicted octanol–water partition coefficient (Wildman–Crippen LogP) is 7.38. The van der Waals surface area contributed by atoms with Crippen LogP contribution in [-0.2, 0) is 19.0 Å². The highest BCUT2D eigenvalue weighted by atomic mass is 19.4. The lowest BCUT2D eigenvalue weighted by Gasteiger charge is -2.13. The molecule has 0 amide bonds. The van der Waals surface area contributed by atoms with Crippen molar-refractivity contribution >= 4 is 16.9 Å². The van der Waals surface area contributed by atoms with Crippen LogP contribution in [0.1, 0.15) is 41.2 Å². The maximum Gasteiger partial charge on any atom is 0.417 e. The molecule has 5 aromatic rings. The van der Waals surface area contributed by atoms with Gasteiger partial charge in [-0.05, 0) is 92.9 Å². The van der Waals surface area contributed by atoms with Gasteiger partial charge in [-0.1, -0.05) is 12.1 Å². The molecule has 40 heavy (non-hydrogen) atoms. The third-order valence-electron chi connectivity index (χ3n) is 6.49. The minimum atomic E-state index is -4.49. The molecule has 0 unspecified atom stereocenters. The molecule has 0 saturated heterocycles. The number of aromatic nitrogens is 3. The molecule has 204 valence electrons. The van der Waals surface area contributed by atoms with Crippen LogP contribution in [0.5, 0.6) is 5.75 Å². The predicted molar refractivity (Wildman–Crippen MR) is 146 cm³/mol. The highest BCUT2D eigenvalue weighted by Crippen LogP contribution is 2.35. The number of aromatic carboxylic acids is 1. The molecule has 0 fully saturated rings. The first kappa shape index (κ1) is 26.9. The van der Waals surface area contributed by atoms with E-state index in [-0.39, 0.29) is 11.8 Å². The van der Waals surface area contributed by atoms with Crippen LogP contribution in [0.3, 0.4) is 0 Å². The monoisotopic (exact) mass is 545 g/mol. The Balaban J connectivity index is 1.66. The van der Waals surface area contributed by atoms with Gasteiger partial charge in [0, 0.05) is 34.7 Å². The zero-order valence-corrected chi connectivity index (χ0v) is 21.8. The number of aryl methyl sites for hydroxylation is 2. The van der Waals surface area contributed by atoms with Crippen molar-refractivity contribution in [3.63, 3.8) is 0 Å². The van der Waals surface area contributed by atoms with Crippen molar-refractivity contribution in [3.05, 3.63) is 108 Å². The lowest BCUT2D eigenvalue weighted by Crippen LogP contribution is -2.10. The zero-order chi connectivity index (χ0) is 28.4. The molecule has 3 heterocycles. The number of carboxylic acid groups (broad SMARTS) is 1. The molecule has 3 aromatic heterocycles. The second-order valence-corrected chi connectivity index (χ2v) is 9.61. The van der Waals surface area contributed by atoms with Crippen LogP contribution in [0.4, 0.5) is 13.2 Å². The van der Waals surface area contributed by atoms with Crippen LogP contribution >= 0.6 is 0 Å². The quantitative estimate of drug-likeness (QED) is 0.220. The number of carbonyl (C=O) groups is 1. The number of hydrogen-bond donors (Lipinski definition) is 1. The Bertz CT molecular complexity index is 1640. The van der Waals surface area contributed by atoms with Crippen molar-refractivity contribution in [2.45, 2.75) is 39.0 Å². The molecule has 0 bridgehead atoms. The van der Waals surface area contributed by atoms with Crippen LogP contribution in [0.2, 0.25) is 0 Å². The van der Waals surface area contributed by atoms with Gasteiger partial charge >= 0.3 is 12.1 Å². The van der Waals surface area contributed by atoms with Crippen LogP contribution in [0.15, 0.2) is 85.2 Å². The lowest BCUT2D eigenvalue weighted by molar-refractivity contribution is -0.137. The van der Waals surface area contributed by atoms with E-state index < -0.39 is 17.7 Å². The molecule has 6 nitrogen and oxygen atoms in total. The summed E-state index contributed by atoms with van der Waals surface area (Å²) in [6.45, 7) is 3.85. The Morgan fingerprint density at radius 1 is 0.975 bits per heavy atom. The first-order valence-electron chi connectivity index (χ1n) is 12.7. The Morgan fingerprint density at radius 2 is 1.75 bits per heavy atom. The Labute approximate surface area is 228 Å². The summed E-state index contributed by atoms with van der Waals surface area (Å²) in [5.41, 5.74) is 2.92. The van der Waals surface area contributed by atoms with E-state index in [1.165, 1.54) is 6.07 Å². The number of halogens is 3. The third kappa shape index (κ3) is 5.54. The van der Waals surface area contributed by atoms with Crippen LogP contribution in [0, 0.1) is 0 Å². The van der Waals surface area contributed by atoms with Crippen LogP contribution < -0.4 is 4.74 Å². The number of benzene rings is 2. The number of pyridine rings is 2. The number of ether oxygens (including phenoxy) is 1. The van der Waals surface area contributed by atoms with Gasteiger partial charge in [0.05, 0.1) is 22.9 Å². The summed E-state index contributed by atoms with van der Waals surface area (Å²) in [6.07, 6.45) is -1.12. The summed E-state index contributed by atoms with van der Waals surface area (Å²) in [7, 11) is 0. The number of alkyl halides is 3. The summed E-state index contributed by atoms with van der Waals surface area (Å²) < 4.78 is 46.6. The summed E-state index contributed by atoms with van der Waals surface area (Å²) in [4.78, 5) is 21.1.